The lowest BCUT2D eigenvalue weighted by molar-refractivity contribution is -0.332. The molecule has 0 saturated heterocycles. The Kier molecular flexibility index (Phi) is 2.59. The van der Waals surface area contributed by atoms with Gasteiger partial charge in [-0.25, -0.2) is 8.78 Å². The van der Waals surface area contributed by atoms with E-state index in [4.69, 9.17) is 0 Å². The van der Waals surface area contributed by atoms with Crippen LogP contribution in [0.2, 0.25) is 0 Å². The Bertz CT molecular complexity index is 107. The fraction of sp³-hybridized carbons (Fsp3) is 1.00. The van der Waals surface area contributed by atoms with Gasteiger partial charge in [0.2, 0.25) is 0 Å². The first-order valence-corrected chi connectivity index (χ1v) is 2.27. The van der Waals surface area contributed by atoms with Crippen molar-refractivity contribution < 1.29 is 26.7 Å². The topological polar surface area (TPSA) is 9.23 Å². The SMILES string of the molecule is CC(F)(OCF)C(F)(F)F. The van der Waals surface area contributed by atoms with E-state index >= 15 is 0 Å². The highest BCUT2D eigenvalue weighted by Gasteiger charge is 2.53. The molecule has 0 aliphatic heterocycles. The summed E-state index contributed by atoms with van der Waals surface area (Å²) in [4.78, 5) is 0. The van der Waals surface area contributed by atoms with Gasteiger partial charge in [-0.1, -0.05) is 0 Å². The number of alkyl halides is 5. The van der Waals surface area contributed by atoms with Crippen LogP contribution < -0.4 is 0 Å². The van der Waals surface area contributed by atoms with Crippen LogP contribution in [0.25, 0.3) is 0 Å². The van der Waals surface area contributed by atoms with Gasteiger partial charge in [0.25, 0.3) is 0 Å². The van der Waals surface area contributed by atoms with E-state index in [0.29, 0.717) is 0 Å². The molecule has 0 fully saturated rings. The highest BCUT2D eigenvalue weighted by atomic mass is 19.4. The first-order valence-electron chi connectivity index (χ1n) is 2.27. The second kappa shape index (κ2) is 2.69. The minimum atomic E-state index is -5.18. The molecule has 0 amide bonds. The molecule has 1 unspecified atom stereocenters. The van der Waals surface area contributed by atoms with Crippen LogP contribution in [-0.4, -0.2) is 18.9 Å². The van der Waals surface area contributed by atoms with Crippen LogP contribution in [0.15, 0.2) is 0 Å². The van der Waals surface area contributed by atoms with Crippen molar-refractivity contribution in [1.29, 1.82) is 0 Å². The number of halogens is 5. The van der Waals surface area contributed by atoms with Crippen LogP contribution in [0.4, 0.5) is 22.0 Å². The van der Waals surface area contributed by atoms with Crippen molar-refractivity contribution >= 4 is 0 Å². The summed E-state index contributed by atoms with van der Waals surface area (Å²) in [6.45, 7) is -1.70. The lowest BCUT2D eigenvalue weighted by atomic mass is 10.3. The summed E-state index contributed by atoms with van der Waals surface area (Å²) in [5, 5.41) is 0. The van der Waals surface area contributed by atoms with Gasteiger partial charge in [-0.15, -0.1) is 0 Å². The summed E-state index contributed by atoms with van der Waals surface area (Å²) < 4.78 is 60.3. The van der Waals surface area contributed by atoms with Crippen LogP contribution in [0.1, 0.15) is 6.92 Å². The lowest BCUT2D eigenvalue weighted by Gasteiger charge is -2.21. The molecular formula is C4H5F5O. The van der Waals surface area contributed by atoms with E-state index in [1.165, 1.54) is 0 Å². The van der Waals surface area contributed by atoms with Gasteiger partial charge in [0, 0.05) is 6.92 Å². The number of ether oxygens (including phenoxy) is 1. The lowest BCUT2D eigenvalue weighted by Crippen LogP contribution is -2.40. The molecule has 1 atom stereocenters. The molecule has 0 radical (unpaired) electrons. The van der Waals surface area contributed by atoms with Crippen molar-refractivity contribution in [3.05, 3.63) is 0 Å². The van der Waals surface area contributed by atoms with E-state index in [-0.39, 0.29) is 6.92 Å². The summed E-state index contributed by atoms with van der Waals surface area (Å²) >= 11 is 0. The third kappa shape index (κ3) is 2.09. The van der Waals surface area contributed by atoms with E-state index in [1.807, 2.05) is 0 Å². The molecule has 1 nitrogen and oxygen atoms in total. The predicted molar refractivity (Wildman–Crippen MR) is 22.6 cm³/mol. The largest absolute Gasteiger partial charge is 0.448 e. The molecule has 0 aliphatic carbocycles. The fourth-order valence-corrected chi connectivity index (χ4v) is 0.184. The Labute approximate surface area is 53.8 Å². The number of hydrogen-bond acceptors (Lipinski definition) is 1. The third-order valence-corrected chi connectivity index (χ3v) is 0.832. The molecule has 0 heterocycles. The molecular weight excluding hydrogens is 159 g/mol. The van der Waals surface area contributed by atoms with Gasteiger partial charge >= 0.3 is 12.0 Å². The molecule has 0 spiro atoms. The minimum absolute atomic E-state index is 0.104. The van der Waals surface area contributed by atoms with Crippen LogP contribution in [0.5, 0.6) is 0 Å². The molecule has 62 valence electrons. The Balaban J connectivity index is 4.10. The second-order valence-electron chi connectivity index (χ2n) is 1.67. The molecule has 0 bridgehead atoms. The van der Waals surface area contributed by atoms with Gasteiger partial charge in [0.05, 0.1) is 0 Å². The normalized spacial score (nSPS) is 18.6. The standard InChI is InChI=1S/C4H5F5O/c1-3(6,10-2-5)4(7,8)9/h2H2,1H3. The van der Waals surface area contributed by atoms with Gasteiger partial charge in [-0.05, 0) is 0 Å². The molecule has 0 rings (SSSR count). The van der Waals surface area contributed by atoms with Gasteiger partial charge < -0.3 is 4.74 Å². The Hall–Kier alpha value is -0.390. The highest BCUT2D eigenvalue weighted by Crippen LogP contribution is 2.34. The van der Waals surface area contributed by atoms with Gasteiger partial charge in [-0.2, -0.15) is 13.2 Å². The van der Waals surface area contributed by atoms with E-state index in [1.54, 1.807) is 0 Å². The first kappa shape index (κ1) is 9.61. The van der Waals surface area contributed by atoms with Crippen LogP contribution in [-0.2, 0) is 4.74 Å². The Morgan fingerprint density at radius 3 is 1.70 bits per heavy atom. The second-order valence-corrected chi connectivity index (χ2v) is 1.67. The van der Waals surface area contributed by atoms with Crippen molar-refractivity contribution in [2.75, 3.05) is 6.86 Å². The summed E-state index contributed by atoms with van der Waals surface area (Å²) in [5.74, 6) is -3.89. The van der Waals surface area contributed by atoms with E-state index in [0.717, 1.165) is 0 Å². The minimum Gasteiger partial charge on any atom is -0.307 e. The van der Waals surface area contributed by atoms with Gasteiger partial charge in [-0.3, -0.25) is 0 Å². The molecule has 0 aromatic heterocycles. The molecule has 0 aromatic rings. The molecule has 6 heteroatoms. The molecule has 0 saturated carbocycles. The quantitative estimate of drug-likeness (QED) is 0.568. The van der Waals surface area contributed by atoms with Crippen molar-refractivity contribution in [1.82, 2.24) is 0 Å². The molecule has 10 heavy (non-hydrogen) atoms. The molecule has 0 aliphatic rings. The maximum Gasteiger partial charge on any atom is 0.448 e. The third-order valence-electron chi connectivity index (χ3n) is 0.832. The summed E-state index contributed by atoms with van der Waals surface area (Å²) in [7, 11) is 0. The van der Waals surface area contributed by atoms with E-state index < -0.39 is 18.9 Å². The Morgan fingerprint density at radius 2 is 1.60 bits per heavy atom. The summed E-state index contributed by atoms with van der Waals surface area (Å²) in [5.41, 5.74) is 0. The van der Waals surface area contributed by atoms with Crippen LogP contribution >= 0.6 is 0 Å². The van der Waals surface area contributed by atoms with Crippen molar-refractivity contribution in [3.8, 4) is 0 Å². The zero-order valence-electron chi connectivity index (χ0n) is 5.01. The predicted octanol–water partition coefficient (Wildman–Crippen LogP) is 2.18. The molecule has 0 N–H and O–H groups in total. The number of rotatable bonds is 2. The number of hydrogen-bond donors (Lipinski definition) is 0. The van der Waals surface area contributed by atoms with Crippen molar-refractivity contribution in [2.45, 2.75) is 19.0 Å². The maximum atomic E-state index is 12.0. The maximum absolute atomic E-state index is 12.0. The fourth-order valence-electron chi connectivity index (χ4n) is 0.184. The zero-order chi connectivity index (χ0) is 8.41. The van der Waals surface area contributed by atoms with E-state index in [9.17, 15) is 22.0 Å². The summed E-state index contributed by atoms with van der Waals surface area (Å²) in [6.07, 6.45) is -5.18. The first-order chi connectivity index (χ1) is 4.31. The van der Waals surface area contributed by atoms with Crippen molar-refractivity contribution in [2.24, 2.45) is 0 Å². The molecule has 0 aromatic carbocycles. The van der Waals surface area contributed by atoms with Crippen LogP contribution in [0.3, 0.4) is 0 Å². The van der Waals surface area contributed by atoms with Crippen molar-refractivity contribution in [3.63, 3.8) is 0 Å². The van der Waals surface area contributed by atoms with Gasteiger partial charge in [0.1, 0.15) is 0 Å². The van der Waals surface area contributed by atoms with Crippen LogP contribution in [0, 0.1) is 0 Å². The summed E-state index contributed by atoms with van der Waals surface area (Å²) in [6, 6.07) is 0. The highest BCUT2D eigenvalue weighted by molar-refractivity contribution is 4.69. The monoisotopic (exact) mass is 164 g/mol. The Morgan fingerprint density at radius 1 is 1.20 bits per heavy atom. The average molecular weight is 164 g/mol. The van der Waals surface area contributed by atoms with Gasteiger partial charge in [0.15, 0.2) is 6.86 Å². The average Bonchev–Trinajstić information content (AvgIpc) is 1.61. The smallest absolute Gasteiger partial charge is 0.307 e. The van der Waals surface area contributed by atoms with E-state index in [2.05, 4.69) is 4.74 Å². The zero-order valence-corrected chi connectivity index (χ0v) is 5.01.